The van der Waals surface area contributed by atoms with E-state index in [2.05, 4.69) is 4.90 Å². The molecule has 1 aromatic rings. The number of aliphatic hydroxyl groups is 1. The molecule has 3 atom stereocenters. The largest absolute Gasteiger partial charge is 0.392 e. The molecule has 1 heterocycles. The van der Waals surface area contributed by atoms with E-state index in [1.165, 1.54) is 18.4 Å². The van der Waals surface area contributed by atoms with Crippen LogP contribution in [-0.4, -0.2) is 39.2 Å². The smallest absolute Gasteiger partial charge is 0.0667 e. The first-order chi connectivity index (χ1) is 9.08. The van der Waals surface area contributed by atoms with Crippen molar-refractivity contribution in [3.05, 3.63) is 29.8 Å². The van der Waals surface area contributed by atoms with Crippen molar-refractivity contribution in [1.29, 1.82) is 0 Å². The summed E-state index contributed by atoms with van der Waals surface area (Å²) < 4.78 is 11.4. The van der Waals surface area contributed by atoms with E-state index in [1.54, 1.807) is 6.26 Å². The normalized spacial score (nSPS) is 24.1. The molecule has 0 saturated carbocycles. The maximum atomic E-state index is 11.4. The fourth-order valence-corrected chi connectivity index (χ4v) is 3.30. The summed E-state index contributed by atoms with van der Waals surface area (Å²) in [6.45, 7) is 3.80. The molecule has 2 rings (SSSR count). The highest BCUT2D eigenvalue weighted by atomic mass is 32.2. The van der Waals surface area contributed by atoms with Crippen LogP contribution in [0.2, 0.25) is 0 Å². The summed E-state index contributed by atoms with van der Waals surface area (Å²) in [5.41, 5.74) is 1.22. The third-order valence-electron chi connectivity index (χ3n) is 3.86. The van der Waals surface area contributed by atoms with Crippen LogP contribution in [0.3, 0.4) is 0 Å². The molecule has 1 fully saturated rings. The second-order valence-corrected chi connectivity index (χ2v) is 6.75. The Kier molecular flexibility index (Phi) is 5.13. The summed E-state index contributed by atoms with van der Waals surface area (Å²) in [7, 11) is -0.912. The number of aliphatic hydroxyl groups excluding tert-OH is 1. The molecule has 4 heteroatoms. The van der Waals surface area contributed by atoms with Gasteiger partial charge in [0.25, 0.3) is 0 Å². The highest BCUT2D eigenvalue weighted by Crippen LogP contribution is 2.22. The highest BCUT2D eigenvalue weighted by molar-refractivity contribution is 7.84. The number of piperidine rings is 1. The van der Waals surface area contributed by atoms with Crippen molar-refractivity contribution in [3.8, 4) is 0 Å². The Labute approximate surface area is 118 Å². The van der Waals surface area contributed by atoms with Crippen LogP contribution in [0.15, 0.2) is 29.2 Å². The Morgan fingerprint density at radius 2 is 2.05 bits per heavy atom. The average molecular weight is 281 g/mol. The lowest BCUT2D eigenvalue weighted by Gasteiger charge is -2.37. The molecule has 0 spiro atoms. The van der Waals surface area contributed by atoms with E-state index in [9.17, 15) is 9.32 Å². The molecular weight excluding hydrogens is 258 g/mol. The maximum Gasteiger partial charge on any atom is 0.0667 e. The third-order valence-corrected chi connectivity index (χ3v) is 4.80. The fourth-order valence-electron chi connectivity index (χ4n) is 2.78. The Balaban J connectivity index is 2.04. The zero-order chi connectivity index (χ0) is 13.8. The molecule has 19 heavy (non-hydrogen) atoms. The first-order valence-corrected chi connectivity index (χ1v) is 8.48. The summed E-state index contributed by atoms with van der Waals surface area (Å²) in [4.78, 5) is 3.24. The molecular formula is C15H23NO2S. The van der Waals surface area contributed by atoms with Gasteiger partial charge in [0.15, 0.2) is 0 Å². The van der Waals surface area contributed by atoms with Crippen LogP contribution in [0.1, 0.15) is 31.7 Å². The predicted molar refractivity (Wildman–Crippen MR) is 78.5 cm³/mol. The number of hydrogen-bond donors (Lipinski definition) is 1. The highest BCUT2D eigenvalue weighted by Gasteiger charge is 2.25. The Morgan fingerprint density at radius 3 is 2.63 bits per heavy atom. The molecule has 0 bridgehead atoms. The molecule has 1 aromatic carbocycles. The first-order valence-electron chi connectivity index (χ1n) is 6.92. The van der Waals surface area contributed by atoms with Crippen LogP contribution >= 0.6 is 0 Å². The van der Waals surface area contributed by atoms with Gasteiger partial charge in [0, 0.05) is 34.5 Å². The maximum absolute atomic E-state index is 11.4. The molecule has 1 aliphatic rings. The molecule has 0 radical (unpaired) electrons. The minimum atomic E-state index is -0.912. The molecule has 106 valence electrons. The summed E-state index contributed by atoms with van der Waals surface area (Å²) in [6.07, 6.45) is 4.92. The van der Waals surface area contributed by atoms with E-state index in [1.807, 2.05) is 31.2 Å². The predicted octanol–water partition coefficient (Wildman–Crippen LogP) is 2.16. The molecule has 3 unspecified atom stereocenters. The van der Waals surface area contributed by atoms with Gasteiger partial charge in [-0.25, -0.2) is 0 Å². The number of rotatable bonds is 4. The second kappa shape index (κ2) is 6.64. The van der Waals surface area contributed by atoms with Crippen molar-refractivity contribution in [2.45, 2.75) is 49.8 Å². The van der Waals surface area contributed by atoms with Crippen LogP contribution in [0.4, 0.5) is 0 Å². The van der Waals surface area contributed by atoms with Gasteiger partial charge in [-0.15, -0.1) is 0 Å². The number of nitrogens with zero attached hydrogens (tertiary/aromatic N) is 1. The molecule has 3 nitrogen and oxygen atoms in total. The number of likely N-dealkylation sites (tertiary alicyclic amines) is 1. The van der Waals surface area contributed by atoms with Gasteiger partial charge < -0.3 is 5.11 Å². The average Bonchev–Trinajstić information content (AvgIpc) is 2.39. The number of hydrogen-bond acceptors (Lipinski definition) is 3. The van der Waals surface area contributed by atoms with Crippen molar-refractivity contribution < 1.29 is 9.32 Å². The van der Waals surface area contributed by atoms with Gasteiger partial charge in [-0.05, 0) is 44.0 Å². The van der Waals surface area contributed by atoms with E-state index in [-0.39, 0.29) is 12.1 Å². The van der Waals surface area contributed by atoms with Crippen molar-refractivity contribution >= 4 is 10.8 Å². The zero-order valence-corrected chi connectivity index (χ0v) is 12.5. The van der Waals surface area contributed by atoms with Gasteiger partial charge in [-0.3, -0.25) is 9.11 Å². The lowest BCUT2D eigenvalue weighted by atomic mass is 9.97. The first kappa shape index (κ1) is 14.7. The molecule has 0 amide bonds. The van der Waals surface area contributed by atoms with E-state index in [0.717, 1.165) is 24.4 Å². The molecule has 1 saturated heterocycles. The Hall–Kier alpha value is -0.710. The summed E-state index contributed by atoms with van der Waals surface area (Å²) in [6, 6.07) is 8.24. The van der Waals surface area contributed by atoms with E-state index >= 15 is 0 Å². The van der Waals surface area contributed by atoms with Crippen LogP contribution in [-0.2, 0) is 17.3 Å². The van der Waals surface area contributed by atoms with Crippen LogP contribution in [0.5, 0.6) is 0 Å². The van der Waals surface area contributed by atoms with E-state index < -0.39 is 10.8 Å². The zero-order valence-electron chi connectivity index (χ0n) is 11.7. The number of benzene rings is 1. The SMILES string of the molecule is CC(O)C1CCCCN1Cc1ccc(S(C)=O)cc1. The summed E-state index contributed by atoms with van der Waals surface area (Å²) >= 11 is 0. The quantitative estimate of drug-likeness (QED) is 0.919. The molecule has 1 N–H and O–H groups in total. The molecule has 1 aliphatic heterocycles. The fraction of sp³-hybridized carbons (Fsp3) is 0.600. The van der Waals surface area contributed by atoms with Gasteiger partial charge in [-0.1, -0.05) is 18.6 Å². The van der Waals surface area contributed by atoms with Crippen LogP contribution < -0.4 is 0 Å². The van der Waals surface area contributed by atoms with Crippen molar-refractivity contribution in [2.24, 2.45) is 0 Å². The lowest BCUT2D eigenvalue weighted by Crippen LogP contribution is -2.45. The summed E-state index contributed by atoms with van der Waals surface area (Å²) in [5, 5.41) is 9.86. The van der Waals surface area contributed by atoms with Gasteiger partial charge in [-0.2, -0.15) is 0 Å². The standard InChI is InChI=1S/C15H23NO2S/c1-12(17)15-5-3-4-10-16(15)11-13-6-8-14(9-7-13)19(2)18/h6-9,12,15,17H,3-5,10-11H2,1-2H3. The minimum absolute atomic E-state index is 0.272. The topological polar surface area (TPSA) is 40.5 Å². The molecule has 0 aliphatic carbocycles. The Bertz CT molecular complexity index is 430. The van der Waals surface area contributed by atoms with Gasteiger partial charge >= 0.3 is 0 Å². The third kappa shape index (κ3) is 3.88. The summed E-state index contributed by atoms with van der Waals surface area (Å²) in [5.74, 6) is 0. The second-order valence-electron chi connectivity index (χ2n) is 5.37. The van der Waals surface area contributed by atoms with E-state index in [4.69, 9.17) is 0 Å². The Morgan fingerprint density at radius 1 is 1.37 bits per heavy atom. The lowest BCUT2D eigenvalue weighted by molar-refractivity contribution is 0.0317. The van der Waals surface area contributed by atoms with Gasteiger partial charge in [0.05, 0.1) is 6.10 Å². The monoisotopic (exact) mass is 281 g/mol. The van der Waals surface area contributed by atoms with Crippen molar-refractivity contribution in [3.63, 3.8) is 0 Å². The van der Waals surface area contributed by atoms with Gasteiger partial charge in [0.1, 0.15) is 0 Å². The molecule has 0 aromatic heterocycles. The van der Waals surface area contributed by atoms with Crippen LogP contribution in [0.25, 0.3) is 0 Å². The van der Waals surface area contributed by atoms with Gasteiger partial charge in [0.2, 0.25) is 0 Å². The minimum Gasteiger partial charge on any atom is -0.392 e. The van der Waals surface area contributed by atoms with Crippen molar-refractivity contribution in [1.82, 2.24) is 4.90 Å². The van der Waals surface area contributed by atoms with Crippen LogP contribution in [0, 0.1) is 0 Å². The van der Waals surface area contributed by atoms with Crippen molar-refractivity contribution in [2.75, 3.05) is 12.8 Å². The van der Waals surface area contributed by atoms with E-state index in [0.29, 0.717) is 0 Å².